The third-order valence-electron chi connectivity index (χ3n) is 4.33. The fourth-order valence-electron chi connectivity index (χ4n) is 3.23. The molecule has 3 rings (SSSR count). The molecular weight excluding hydrogens is 212 g/mol. The minimum Gasteiger partial charge on any atom is -0.341 e. The van der Waals surface area contributed by atoms with E-state index in [1.54, 1.807) is 0 Å². The summed E-state index contributed by atoms with van der Waals surface area (Å²) in [4.78, 5) is 14.6. The van der Waals surface area contributed by atoms with E-state index in [0.717, 1.165) is 38.9 Å². The van der Waals surface area contributed by atoms with E-state index in [9.17, 15) is 4.79 Å². The molecule has 3 heteroatoms. The maximum absolute atomic E-state index is 12.5. The smallest absolute Gasteiger partial charge is 0.225 e. The van der Waals surface area contributed by atoms with Crippen molar-refractivity contribution < 1.29 is 4.79 Å². The van der Waals surface area contributed by atoms with Crippen molar-refractivity contribution in [2.75, 3.05) is 19.6 Å². The first-order chi connectivity index (χ1) is 8.24. The Labute approximate surface area is 105 Å². The van der Waals surface area contributed by atoms with E-state index in [4.69, 9.17) is 0 Å². The Morgan fingerprint density at radius 1 is 1.35 bits per heavy atom. The lowest BCUT2D eigenvalue weighted by Crippen LogP contribution is -2.42. The third-order valence-corrected chi connectivity index (χ3v) is 4.33. The molecule has 0 aromatic rings. The van der Waals surface area contributed by atoms with Crippen LogP contribution in [0.3, 0.4) is 0 Å². The monoisotopic (exact) mass is 238 g/mol. The number of nitrogens with one attached hydrogen (secondary N) is 1. The predicted octanol–water partition coefficient (Wildman–Crippen LogP) is 2.02. The maximum Gasteiger partial charge on any atom is 0.225 e. The van der Waals surface area contributed by atoms with E-state index < -0.39 is 0 Å². The summed E-state index contributed by atoms with van der Waals surface area (Å²) in [6.45, 7) is 7.35. The summed E-state index contributed by atoms with van der Waals surface area (Å²) >= 11 is 0. The van der Waals surface area contributed by atoms with Crippen LogP contribution in [0.5, 0.6) is 0 Å². The topological polar surface area (TPSA) is 32.3 Å². The van der Waals surface area contributed by atoms with Crippen molar-refractivity contribution in [1.82, 2.24) is 10.2 Å². The summed E-state index contributed by atoms with van der Waals surface area (Å²) in [6, 6.07) is 0.553. The minimum atomic E-state index is 0.262. The Kier molecular flexibility index (Phi) is 4.43. The molecule has 98 valence electrons. The Morgan fingerprint density at radius 2 is 2.18 bits per heavy atom. The van der Waals surface area contributed by atoms with Crippen molar-refractivity contribution in [3.63, 3.8) is 0 Å². The van der Waals surface area contributed by atoms with Crippen LogP contribution in [-0.2, 0) is 4.79 Å². The van der Waals surface area contributed by atoms with Gasteiger partial charge in [-0.15, -0.1) is 0 Å². The molecule has 2 bridgehead atoms. The molecule has 0 spiro atoms. The molecule has 0 aromatic carbocycles. The highest BCUT2D eigenvalue weighted by atomic mass is 16.2. The highest BCUT2D eigenvalue weighted by Crippen LogP contribution is 2.24. The number of nitrogens with zero attached hydrogens (tertiary/aromatic N) is 1. The quantitative estimate of drug-likeness (QED) is 0.812. The van der Waals surface area contributed by atoms with Gasteiger partial charge in [-0.3, -0.25) is 4.79 Å². The van der Waals surface area contributed by atoms with Gasteiger partial charge in [-0.1, -0.05) is 20.3 Å². The van der Waals surface area contributed by atoms with Gasteiger partial charge < -0.3 is 10.2 Å². The van der Waals surface area contributed by atoms with Gasteiger partial charge in [0.05, 0.1) is 0 Å². The zero-order chi connectivity index (χ0) is 12.3. The highest BCUT2D eigenvalue weighted by Gasteiger charge is 2.33. The highest BCUT2D eigenvalue weighted by molar-refractivity contribution is 5.79. The van der Waals surface area contributed by atoms with Crippen molar-refractivity contribution in [1.29, 1.82) is 0 Å². The van der Waals surface area contributed by atoms with Crippen molar-refractivity contribution in [2.45, 2.75) is 52.0 Å². The largest absolute Gasteiger partial charge is 0.341 e. The van der Waals surface area contributed by atoms with Gasteiger partial charge in [0.2, 0.25) is 5.91 Å². The molecule has 1 amide bonds. The number of rotatable bonds is 4. The molecule has 3 nitrogen and oxygen atoms in total. The average Bonchev–Trinajstić information content (AvgIpc) is 2.68. The minimum absolute atomic E-state index is 0.262. The number of carbonyl (C=O) groups is 1. The number of fused-ring (bicyclic) bond motifs is 4. The standard InChI is InChI=1S/C14H26N2O/c1-3-5-12(4-2)14(17)16-9-11-6-7-13(10-16)15-8-11/h11-13,15H,3-10H2,1-2H3. The molecule has 3 unspecified atom stereocenters. The Bertz CT molecular complexity index is 245. The van der Waals surface area contributed by atoms with Gasteiger partial charge in [-0.2, -0.15) is 0 Å². The first-order valence-corrected chi connectivity index (χ1v) is 7.26. The van der Waals surface area contributed by atoms with Crippen molar-refractivity contribution in [2.24, 2.45) is 11.8 Å². The van der Waals surface area contributed by atoms with Crippen molar-refractivity contribution >= 4 is 5.91 Å². The van der Waals surface area contributed by atoms with Gasteiger partial charge in [0, 0.05) is 25.0 Å². The van der Waals surface area contributed by atoms with Crippen molar-refractivity contribution in [3.8, 4) is 0 Å². The molecule has 0 aromatic heterocycles. The zero-order valence-corrected chi connectivity index (χ0v) is 11.2. The van der Waals surface area contributed by atoms with Crippen LogP contribution in [0.1, 0.15) is 46.0 Å². The molecule has 3 saturated heterocycles. The molecule has 3 aliphatic rings. The molecular formula is C14H26N2O. The summed E-state index contributed by atoms with van der Waals surface area (Å²) in [7, 11) is 0. The van der Waals surface area contributed by atoms with E-state index in [-0.39, 0.29) is 5.92 Å². The van der Waals surface area contributed by atoms with Gasteiger partial charge in [0.25, 0.3) is 0 Å². The summed E-state index contributed by atoms with van der Waals surface area (Å²) in [5, 5.41) is 3.56. The van der Waals surface area contributed by atoms with E-state index in [1.807, 2.05) is 0 Å². The number of hydrogen-bond donors (Lipinski definition) is 1. The third kappa shape index (κ3) is 3.01. The molecule has 3 aliphatic heterocycles. The van der Waals surface area contributed by atoms with Crippen LogP contribution in [0.2, 0.25) is 0 Å². The average molecular weight is 238 g/mol. The lowest BCUT2D eigenvalue weighted by molar-refractivity contribution is -0.136. The number of amides is 1. The van der Waals surface area contributed by atoms with E-state index in [2.05, 4.69) is 24.1 Å². The van der Waals surface area contributed by atoms with Gasteiger partial charge >= 0.3 is 0 Å². The van der Waals surface area contributed by atoms with Gasteiger partial charge in [0.1, 0.15) is 0 Å². The van der Waals surface area contributed by atoms with E-state index in [1.165, 1.54) is 12.8 Å². The van der Waals surface area contributed by atoms with Gasteiger partial charge in [-0.25, -0.2) is 0 Å². The van der Waals surface area contributed by atoms with Gasteiger partial charge in [-0.05, 0) is 38.1 Å². The zero-order valence-electron chi connectivity index (χ0n) is 11.2. The Balaban J connectivity index is 1.98. The Hall–Kier alpha value is -0.570. The Morgan fingerprint density at radius 3 is 2.76 bits per heavy atom. The molecule has 3 fully saturated rings. The van der Waals surface area contributed by atoms with Crippen LogP contribution in [-0.4, -0.2) is 36.5 Å². The molecule has 1 N–H and O–H groups in total. The van der Waals surface area contributed by atoms with Crippen LogP contribution < -0.4 is 5.32 Å². The summed E-state index contributed by atoms with van der Waals surface area (Å²) < 4.78 is 0. The lowest BCUT2D eigenvalue weighted by Gasteiger charge is -2.26. The summed E-state index contributed by atoms with van der Waals surface area (Å²) in [5.74, 6) is 1.37. The predicted molar refractivity (Wildman–Crippen MR) is 69.8 cm³/mol. The SMILES string of the molecule is CCCC(CC)C(=O)N1CC2CCC(C1)NC2. The van der Waals surface area contributed by atoms with Crippen LogP contribution >= 0.6 is 0 Å². The molecule has 0 aliphatic carbocycles. The maximum atomic E-state index is 12.5. The lowest BCUT2D eigenvalue weighted by atomic mass is 9.97. The van der Waals surface area contributed by atoms with E-state index in [0.29, 0.717) is 17.9 Å². The fourth-order valence-corrected chi connectivity index (χ4v) is 3.23. The number of hydrogen-bond acceptors (Lipinski definition) is 2. The second-order valence-electron chi connectivity index (χ2n) is 5.69. The second-order valence-corrected chi connectivity index (χ2v) is 5.69. The number of piperidine rings is 1. The first kappa shape index (κ1) is 12.9. The molecule has 17 heavy (non-hydrogen) atoms. The normalized spacial score (nSPS) is 30.1. The van der Waals surface area contributed by atoms with Crippen LogP contribution in [0.4, 0.5) is 0 Å². The van der Waals surface area contributed by atoms with Crippen LogP contribution in [0.25, 0.3) is 0 Å². The first-order valence-electron chi connectivity index (χ1n) is 7.26. The molecule has 0 radical (unpaired) electrons. The van der Waals surface area contributed by atoms with E-state index >= 15 is 0 Å². The molecule has 3 heterocycles. The van der Waals surface area contributed by atoms with Gasteiger partial charge in [0.15, 0.2) is 0 Å². The molecule has 0 saturated carbocycles. The van der Waals surface area contributed by atoms with Crippen LogP contribution in [0.15, 0.2) is 0 Å². The summed E-state index contributed by atoms with van der Waals surface area (Å²) in [5.41, 5.74) is 0. The molecule has 3 atom stereocenters. The second kappa shape index (κ2) is 5.85. The van der Waals surface area contributed by atoms with Crippen LogP contribution in [0, 0.1) is 11.8 Å². The summed E-state index contributed by atoms with van der Waals surface area (Å²) in [6.07, 6.45) is 5.70. The number of carbonyl (C=O) groups excluding carboxylic acids is 1. The van der Waals surface area contributed by atoms with Crippen molar-refractivity contribution in [3.05, 3.63) is 0 Å². The fraction of sp³-hybridized carbons (Fsp3) is 0.929.